The molecule has 0 aliphatic carbocycles. The van der Waals surface area contributed by atoms with Gasteiger partial charge in [-0.2, -0.15) is 5.10 Å². The molecule has 3 aromatic rings. The Kier molecular flexibility index (Phi) is 7.55. The van der Waals surface area contributed by atoms with Crippen LogP contribution in [0, 0.1) is 0 Å². The Balaban J connectivity index is 1.58. The number of nitrogens with zero attached hydrogens (tertiary/aromatic N) is 2. The third kappa shape index (κ3) is 5.79. The number of aromatic nitrogens is 2. The molecule has 0 spiro atoms. The van der Waals surface area contributed by atoms with Crippen LogP contribution in [-0.2, 0) is 13.0 Å². The number of ether oxygens (including phenoxy) is 4. The molecule has 9 heteroatoms. The van der Waals surface area contributed by atoms with Crippen LogP contribution in [0.2, 0.25) is 0 Å². The molecule has 2 aromatic carbocycles. The SMILES string of the molecule is COc1ccc(OC)c(NC(=S)Nc2cnn(CCc3ccc(OC)c(OC)c3)c2)c1. The molecule has 0 atom stereocenters. The minimum atomic E-state index is 0.422. The lowest BCUT2D eigenvalue weighted by Crippen LogP contribution is -2.19. The molecule has 3 rings (SSSR count). The minimum Gasteiger partial charge on any atom is -0.497 e. The van der Waals surface area contributed by atoms with Crippen molar-refractivity contribution in [2.24, 2.45) is 0 Å². The quantitative estimate of drug-likeness (QED) is 0.482. The lowest BCUT2D eigenvalue weighted by Gasteiger charge is -2.13. The molecule has 0 fully saturated rings. The van der Waals surface area contributed by atoms with Crippen LogP contribution in [0.3, 0.4) is 0 Å². The zero-order valence-electron chi connectivity index (χ0n) is 18.0. The number of hydrogen-bond donors (Lipinski definition) is 2. The Morgan fingerprint density at radius 2 is 1.65 bits per heavy atom. The first kappa shape index (κ1) is 22.2. The zero-order valence-corrected chi connectivity index (χ0v) is 18.8. The van der Waals surface area contributed by atoms with E-state index in [1.54, 1.807) is 34.6 Å². The second-order valence-corrected chi connectivity index (χ2v) is 6.99. The summed E-state index contributed by atoms with van der Waals surface area (Å²) >= 11 is 5.43. The summed E-state index contributed by atoms with van der Waals surface area (Å²) in [6, 6.07) is 11.4. The second-order valence-electron chi connectivity index (χ2n) is 6.58. The normalized spacial score (nSPS) is 10.3. The van der Waals surface area contributed by atoms with Gasteiger partial charge in [0.2, 0.25) is 0 Å². The van der Waals surface area contributed by atoms with Crippen LogP contribution < -0.4 is 29.6 Å². The zero-order chi connectivity index (χ0) is 22.2. The van der Waals surface area contributed by atoms with Crippen molar-refractivity contribution in [3.8, 4) is 23.0 Å². The first-order valence-electron chi connectivity index (χ1n) is 9.59. The molecule has 31 heavy (non-hydrogen) atoms. The Morgan fingerprint density at radius 3 is 2.35 bits per heavy atom. The average Bonchev–Trinajstić information content (AvgIpc) is 3.24. The average molecular weight is 443 g/mol. The van der Waals surface area contributed by atoms with E-state index in [1.807, 2.05) is 47.3 Å². The monoisotopic (exact) mass is 442 g/mol. The van der Waals surface area contributed by atoms with Crippen LogP contribution in [0.15, 0.2) is 48.8 Å². The summed E-state index contributed by atoms with van der Waals surface area (Å²) in [5.41, 5.74) is 2.62. The first-order chi connectivity index (χ1) is 15.1. The maximum Gasteiger partial charge on any atom is 0.175 e. The van der Waals surface area contributed by atoms with E-state index in [0.29, 0.717) is 40.3 Å². The van der Waals surface area contributed by atoms with Crippen molar-refractivity contribution < 1.29 is 18.9 Å². The highest BCUT2D eigenvalue weighted by Crippen LogP contribution is 2.29. The smallest absolute Gasteiger partial charge is 0.175 e. The van der Waals surface area contributed by atoms with Gasteiger partial charge in [-0.05, 0) is 48.5 Å². The predicted molar refractivity (Wildman–Crippen MR) is 125 cm³/mol. The lowest BCUT2D eigenvalue weighted by molar-refractivity contribution is 0.354. The van der Waals surface area contributed by atoms with Crippen molar-refractivity contribution in [3.63, 3.8) is 0 Å². The third-order valence-corrected chi connectivity index (χ3v) is 4.83. The van der Waals surface area contributed by atoms with Crippen LogP contribution in [0.4, 0.5) is 11.4 Å². The van der Waals surface area contributed by atoms with E-state index < -0.39 is 0 Å². The highest BCUT2D eigenvalue weighted by molar-refractivity contribution is 7.80. The third-order valence-electron chi connectivity index (χ3n) is 4.62. The standard InChI is InChI=1S/C22H26N4O4S/c1-27-17-6-8-19(28-2)18(12-17)25-22(31)24-16-13-23-26(14-16)10-9-15-5-7-20(29-3)21(11-15)30-4/h5-8,11-14H,9-10H2,1-4H3,(H2,24,25,31). The van der Waals surface area contributed by atoms with E-state index in [9.17, 15) is 0 Å². The summed E-state index contributed by atoms with van der Waals surface area (Å²) in [6.07, 6.45) is 4.42. The van der Waals surface area contributed by atoms with Gasteiger partial charge in [0.05, 0.1) is 46.0 Å². The van der Waals surface area contributed by atoms with Gasteiger partial charge in [0.1, 0.15) is 11.5 Å². The summed E-state index contributed by atoms with van der Waals surface area (Å²) in [7, 11) is 6.47. The predicted octanol–water partition coefficient (Wildman–Crippen LogP) is 3.97. The number of nitrogens with one attached hydrogen (secondary N) is 2. The highest BCUT2D eigenvalue weighted by Gasteiger charge is 2.09. The highest BCUT2D eigenvalue weighted by atomic mass is 32.1. The van der Waals surface area contributed by atoms with Crippen molar-refractivity contribution in [3.05, 3.63) is 54.4 Å². The minimum absolute atomic E-state index is 0.422. The number of aryl methyl sites for hydroxylation is 2. The van der Waals surface area contributed by atoms with E-state index in [2.05, 4.69) is 15.7 Å². The van der Waals surface area contributed by atoms with Gasteiger partial charge in [-0.1, -0.05) is 6.07 Å². The first-order valence-corrected chi connectivity index (χ1v) is 10.0. The summed E-state index contributed by atoms with van der Waals surface area (Å²) in [4.78, 5) is 0. The van der Waals surface area contributed by atoms with Gasteiger partial charge in [0, 0.05) is 18.8 Å². The molecule has 0 bridgehead atoms. The number of methoxy groups -OCH3 is 4. The number of benzene rings is 2. The summed E-state index contributed by atoms with van der Waals surface area (Å²) < 4.78 is 23.1. The van der Waals surface area contributed by atoms with Gasteiger partial charge in [0.15, 0.2) is 16.6 Å². The molecular weight excluding hydrogens is 416 g/mol. The topological polar surface area (TPSA) is 78.8 Å². The van der Waals surface area contributed by atoms with Gasteiger partial charge >= 0.3 is 0 Å². The van der Waals surface area contributed by atoms with Gasteiger partial charge < -0.3 is 29.6 Å². The van der Waals surface area contributed by atoms with E-state index >= 15 is 0 Å². The molecule has 164 valence electrons. The molecular formula is C22H26N4O4S. The maximum absolute atomic E-state index is 5.43. The summed E-state index contributed by atoms with van der Waals surface area (Å²) in [5.74, 6) is 2.79. The van der Waals surface area contributed by atoms with Gasteiger partial charge in [-0.15, -0.1) is 0 Å². The number of rotatable bonds is 9. The molecule has 1 aromatic heterocycles. The fraction of sp³-hybridized carbons (Fsp3) is 0.273. The molecule has 0 amide bonds. The Labute approximate surface area is 187 Å². The lowest BCUT2D eigenvalue weighted by atomic mass is 10.1. The van der Waals surface area contributed by atoms with Crippen LogP contribution in [-0.4, -0.2) is 43.3 Å². The van der Waals surface area contributed by atoms with Crippen molar-refractivity contribution in [2.45, 2.75) is 13.0 Å². The van der Waals surface area contributed by atoms with Crippen LogP contribution in [0.1, 0.15) is 5.56 Å². The second kappa shape index (κ2) is 10.5. The van der Waals surface area contributed by atoms with Crippen molar-refractivity contribution in [2.75, 3.05) is 39.1 Å². The van der Waals surface area contributed by atoms with Crippen LogP contribution >= 0.6 is 12.2 Å². The van der Waals surface area contributed by atoms with E-state index in [0.717, 1.165) is 17.7 Å². The van der Waals surface area contributed by atoms with Gasteiger partial charge in [-0.25, -0.2) is 0 Å². The van der Waals surface area contributed by atoms with Gasteiger partial charge in [-0.3, -0.25) is 4.68 Å². The molecule has 0 unspecified atom stereocenters. The van der Waals surface area contributed by atoms with Crippen molar-refractivity contribution in [1.29, 1.82) is 0 Å². The largest absolute Gasteiger partial charge is 0.497 e. The van der Waals surface area contributed by atoms with Crippen molar-refractivity contribution in [1.82, 2.24) is 9.78 Å². The fourth-order valence-electron chi connectivity index (χ4n) is 3.03. The molecule has 0 radical (unpaired) electrons. The molecule has 0 saturated carbocycles. The number of anilines is 2. The Morgan fingerprint density at radius 1 is 0.903 bits per heavy atom. The van der Waals surface area contributed by atoms with E-state index in [1.165, 1.54) is 0 Å². The molecule has 0 saturated heterocycles. The summed E-state index contributed by atoms with van der Waals surface area (Å²) in [6.45, 7) is 0.709. The summed E-state index contributed by atoms with van der Waals surface area (Å²) in [5, 5.41) is 11.1. The van der Waals surface area contributed by atoms with Crippen LogP contribution in [0.5, 0.6) is 23.0 Å². The molecule has 0 aliphatic rings. The van der Waals surface area contributed by atoms with E-state index in [4.69, 9.17) is 31.2 Å². The Bertz CT molecular complexity index is 1040. The maximum atomic E-state index is 5.43. The van der Waals surface area contributed by atoms with Crippen LogP contribution in [0.25, 0.3) is 0 Å². The Hall–Kier alpha value is -3.46. The molecule has 1 heterocycles. The number of thiocarbonyl (C=S) groups is 1. The molecule has 0 aliphatic heterocycles. The van der Waals surface area contributed by atoms with E-state index in [-0.39, 0.29) is 0 Å². The molecule has 8 nitrogen and oxygen atoms in total. The molecule has 2 N–H and O–H groups in total. The fourth-order valence-corrected chi connectivity index (χ4v) is 3.25. The number of hydrogen-bond acceptors (Lipinski definition) is 6. The van der Waals surface area contributed by atoms with Gasteiger partial charge in [0.25, 0.3) is 0 Å². The van der Waals surface area contributed by atoms with Crippen molar-refractivity contribution >= 4 is 28.7 Å².